The van der Waals surface area contributed by atoms with E-state index in [2.05, 4.69) is 15.7 Å². The zero-order valence-electron chi connectivity index (χ0n) is 12.4. The van der Waals surface area contributed by atoms with E-state index in [9.17, 15) is 13.6 Å². The number of hydrogen-bond acceptors (Lipinski definition) is 3. The Morgan fingerprint density at radius 3 is 2.82 bits per heavy atom. The minimum absolute atomic E-state index is 0.220. The van der Waals surface area contributed by atoms with E-state index in [-0.39, 0.29) is 24.4 Å². The van der Waals surface area contributed by atoms with Crippen LogP contribution in [-0.2, 0) is 18.3 Å². The minimum Gasteiger partial charge on any atom is -0.354 e. The van der Waals surface area contributed by atoms with Gasteiger partial charge in [-0.25, -0.2) is 8.78 Å². The molecule has 0 aliphatic heterocycles. The number of rotatable bonds is 6. The molecule has 0 aliphatic rings. The number of hydrogen-bond donors (Lipinski definition) is 2. The van der Waals surface area contributed by atoms with E-state index < -0.39 is 17.7 Å². The maximum absolute atomic E-state index is 13.5. The predicted octanol–water partition coefficient (Wildman–Crippen LogP) is 1.32. The van der Waals surface area contributed by atoms with Gasteiger partial charge in [-0.1, -0.05) is 12.1 Å². The molecule has 0 fully saturated rings. The number of amides is 1. The number of aromatic nitrogens is 2. The van der Waals surface area contributed by atoms with Crippen molar-refractivity contribution in [2.75, 3.05) is 13.6 Å². The van der Waals surface area contributed by atoms with Crippen molar-refractivity contribution >= 4 is 5.91 Å². The number of benzene rings is 1. The molecule has 1 aromatic heterocycles. The summed E-state index contributed by atoms with van der Waals surface area (Å²) in [6.07, 6.45) is 3.57. The minimum atomic E-state index is -0.882. The van der Waals surface area contributed by atoms with Crippen molar-refractivity contribution in [2.24, 2.45) is 7.05 Å². The summed E-state index contributed by atoms with van der Waals surface area (Å²) in [7, 11) is 3.43. The second-order valence-corrected chi connectivity index (χ2v) is 4.92. The summed E-state index contributed by atoms with van der Waals surface area (Å²) in [5.74, 6) is -1.99. The molecule has 1 unspecified atom stereocenters. The Labute approximate surface area is 127 Å². The SMILES string of the molecule is CNC(C(=O)NCCc1cccc(F)c1F)c1cnn(C)c1. The second-order valence-electron chi connectivity index (χ2n) is 4.92. The third kappa shape index (κ3) is 3.67. The Morgan fingerprint density at radius 1 is 1.41 bits per heavy atom. The summed E-state index contributed by atoms with van der Waals surface area (Å²) < 4.78 is 28.2. The molecule has 0 saturated heterocycles. The summed E-state index contributed by atoms with van der Waals surface area (Å²) >= 11 is 0. The van der Waals surface area contributed by atoms with Crippen molar-refractivity contribution in [2.45, 2.75) is 12.5 Å². The summed E-state index contributed by atoms with van der Waals surface area (Å²) in [5.41, 5.74) is 0.974. The lowest BCUT2D eigenvalue weighted by molar-refractivity contribution is -0.123. The van der Waals surface area contributed by atoms with Gasteiger partial charge in [0.15, 0.2) is 11.6 Å². The molecule has 0 bridgehead atoms. The number of nitrogens with zero attached hydrogens (tertiary/aromatic N) is 2. The summed E-state index contributed by atoms with van der Waals surface area (Å²) in [4.78, 5) is 12.1. The summed E-state index contributed by atoms with van der Waals surface area (Å²) in [6.45, 7) is 0.220. The van der Waals surface area contributed by atoms with Gasteiger partial charge < -0.3 is 10.6 Å². The first-order chi connectivity index (χ1) is 10.5. The van der Waals surface area contributed by atoms with Gasteiger partial charge in [0.05, 0.1) is 6.20 Å². The largest absolute Gasteiger partial charge is 0.354 e. The van der Waals surface area contributed by atoms with Crippen LogP contribution in [0.1, 0.15) is 17.2 Å². The number of halogens is 2. The van der Waals surface area contributed by atoms with Gasteiger partial charge in [0.1, 0.15) is 6.04 Å². The standard InChI is InChI=1S/C15H18F2N4O/c1-18-14(11-8-20-21(2)9-11)15(22)19-7-6-10-4-3-5-12(16)13(10)17/h3-5,8-9,14,18H,6-7H2,1-2H3,(H,19,22). The average molecular weight is 308 g/mol. The van der Waals surface area contributed by atoms with Crippen molar-refractivity contribution in [3.63, 3.8) is 0 Å². The average Bonchev–Trinajstić information content (AvgIpc) is 2.90. The fourth-order valence-corrected chi connectivity index (χ4v) is 2.20. The molecule has 1 atom stereocenters. The van der Waals surface area contributed by atoms with Gasteiger partial charge in [0.2, 0.25) is 5.91 Å². The molecule has 1 heterocycles. The fourth-order valence-electron chi connectivity index (χ4n) is 2.20. The highest BCUT2D eigenvalue weighted by atomic mass is 19.2. The molecule has 0 radical (unpaired) electrons. The first-order valence-electron chi connectivity index (χ1n) is 6.89. The van der Waals surface area contributed by atoms with Crippen molar-refractivity contribution in [1.29, 1.82) is 0 Å². The second kappa shape index (κ2) is 7.13. The van der Waals surface area contributed by atoms with Crippen LogP contribution in [0.2, 0.25) is 0 Å². The molecule has 0 saturated carbocycles. The molecule has 0 spiro atoms. The molecular formula is C15H18F2N4O. The third-order valence-electron chi connectivity index (χ3n) is 3.33. The predicted molar refractivity (Wildman–Crippen MR) is 78.1 cm³/mol. The van der Waals surface area contributed by atoms with Gasteiger partial charge >= 0.3 is 0 Å². The van der Waals surface area contributed by atoms with E-state index in [1.807, 2.05) is 0 Å². The van der Waals surface area contributed by atoms with Crippen LogP contribution >= 0.6 is 0 Å². The van der Waals surface area contributed by atoms with E-state index in [1.54, 1.807) is 31.2 Å². The van der Waals surface area contributed by atoms with Gasteiger partial charge in [-0.3, -0.25) is 9.48 Å². The Balaban J connectivity index is 1.93. The quantitative estimate of drug-likeness (QED) is 0.846. The first-order valence-corrected chi connectivity index (χ1v) is 6.89. The van der Waals surface area contributed by atoms with E-state index >= 15 is 0 Å². The normalized spacial score (nSPS) is 12.2. The molecule has 1 aromatic carbocycles. The van der Waals surface area contributed by atoms with E-state index in [0.29, 0.717) is 0 Å². The van der Waals surface area contributed by atoms with Gasteiger partial charge in [-0.15, -0.1) is 0 Å². The topological polar surface area (TPSA) is 59.0 Å². The zero-order chi connectivity index (χ0) is 16.1. The smallest absolute Gasteiger partial charge is 0.241 e. The first kappa shape index (κ1) is 16.1. The molecule has 2 rings (SSSR count). The zero-order valence-corrected chi connectivity index (χ0v) is 12.4. The van der Waals surface area contributed by atoms with Crippen LogP contribution < -0.4 is 10.6 Å². The van der Waals surface area contributed by atoms with E-state index in [0.717, 1.165) is 11.6 Å². The van der Waals surface area contributed by atoms with Crippen molar-refractivity contribution in [1.82, 2.24) is 20.4 Å². The number of carbonyl (C=O) groups is 1. The number of aryl methyl sites for hydroxylation is 1. The third-order valence-corrected chi connectivity index (χ3v) is 3.33. The van der Waals surface area contributed by atoms with E-state index in [4.69, 9.17) is 0 Å². The summed E-state index contributed by atoms with van der Waals surface area (Å²) in [6, 6.07) is 3.48. The van der Waals surface area contributed by atoms with Crippen molar-refractivity contribution in [3.8, 4) is 0 Å². The molecule has 0 aliphatic carbocycles. The number of likely N-dealkylation sites (N-methyl/N-ethyl adjacent to an activating group) is 1. The van der Waals surface area contributed by atoms with Crippen LogP contribution in [-0.4, -0.2) is 29.3 Å². The molecule has 5 nitrogen and oxygen atoms in total. The number of nitrogens with one attached hydrogen (secondary N) is 2. The maximum Gasteiger partial charge on any atom is 0.241 e. The van der Waals surface area contributed by atoms with Crippen LogP contribution in [0.25, 0.3) is 0 Å². The molecule has 1 amide bonds. The molecule has 2 aromatic rings. The maximum atomic E-state index is 13.5. The number of carbonyl (C=O) groups excluding carboxylic acids is 1. The van der Waals surface area contributed by atoms with Crippen molar-refractivity contribution in [3.05, 3.63) is 53.4 Å². The molecule has 118 valence electrons. The van der Waals surface area contributed by atoms with Gasteiger partial charge in [0.25, 0.3) is 0 Å². The van der Waals surface area contributed by atoms with Gasteiger partial charge in [0, 0.05) is 25.4 Å². The van der Waals surface area contributed by atoms with E-state index in [1.165, 1.54) is 12.1 Å². The molecular weight excluding hydrogens is 290 g/mol. The Morgan fingerprint density at radius 2 is 2.18 bits per heavy atom. The highest BCUT2D eigenvalue weighted by Gasteiger charge is 2.19. The Bertz CT molecular complexity index is 657. The monoisotopic (exact) mass is 308 g/mol. The summed E-state index contributed by atoms with van der Waals surface area (Å²) in [5, 5.41) is 9.63. The van der Waals surface area contributed by atoms with Crippen LogP contribution in [0.3, 0.4) is 0 Å². The Kier molecular flexibility index (Phi) is 5.21. The van der Waals surface area contributed by atoms with Crippen LogP contribution in [0, 0.1) is 11.6 Å². The lowest BCUT2D eigenvalue weighted by Crippen LogP contribution is -2.36. The van der Waals surface area contributed by atoms with Crippen LogP contribution in [0.15, 0.2) is 30.6 Å². The molecule has 7 heteroatoms. The van der Waals surface area contributed by atoms with Crippen molar-refractivity contribution < 1.29 is 13.6 Å². The molecule has 22 heavy (non-hydrogen) atoms. The van der Waals surface area contributed by atoms with Gasteiger partial charge in [-0.2, -0.15) is 5.10 Å². The van der Waals surface area contributed by atoms with Crippen LogP contribution in [0.4, 0.5) is 8.78 Å². The van der Waals surface area contributed by atoms with Gasteiger partial charge in [-0.05, 0) is 25.1 Å². The Hall–Kier alpha value is -2.28. The lowest BCUT2D eigenvalue weighted by atomic mass is 10.1. The highest BCUT2D eigenvalue weighted by Crippen LogP contribution is 2.13. The molecule has 2 N–H and O–H groups in total. The fraction of sp³-hybridized carbons (Fsp3) is 0.333. The highest BCUT2D eigenvalue weighted by molar-refractivity contribution is 5.83. The van der Waals surface area contributed by atoms with Crippen LogP contribution in [0.5, 0.6) is 0 Å². The lowest BCUT2D eigenvalue weighted by Gasteiger charge is -2.14.